The predicted octanol–water partition coefficient (Wildman–Crippen LogP) is 3.06. The normalized spacial score (nSPS) is 9.76. The first-order valence-electron chi connectivity index (χ1n) is 6.14. The standard InChI is InChI=1S/C16H12FNO3/c1-20-16(19)13-7-6-11(8-14(13)17)10-21-15-5-3-2-4-12(15)9-18/h2-8H,10H2,1H3. The van der Waals surface area contributed by atoms with Crippen LogP contribution in [0.25, 0.3) is 0 Å². The molecule has 0 N–H and O–H groups in total. The van der Waals surface area contributed by atoms with Gasteiger partial charge in [0, 0.05) is 0 Å². The van der Waals surface area contributed by atoms with Gasteiger partial charge in [0.1, 0.15) is 24.2 Å². The molecule has 4 nitrogen and oxygen atoms in total. The molecule has 0 aliphatic rings. The average Bonchev–Trinajstić information content (AvgIpc) is 2.52. The van der Waals surface area contributed by atoms with Crippen LogP contribution in [-0.2, 0) is 11.3 Å². The molecule has 0 atom stereocenters. The molecule has 0 aromatic heterocycles. The SMILES string of the molecule is COC(=O)c1ccc(COc2ccccc2C#N)cc1F. The maximum Gasteiger partial charge on any atom is 0.340 e. The fraction of sp³-hybridized carbons (Fsp3) is 0.125. The summed E-state index contributed by atoms with van der Waals surface area (Å²) in [5, 5.41) is 8.94. The lowest BCUT2D eigenvalue weighted by Crippen LogP contribution is -2.06. The Balaban J connectivity index is 2.13. The molecule has 2 aromatic carbocycles. The second kappa shape index (κ2) is 6.53. The Kier molecular flexibility index (Phi) is 4.52. The predicted molar refractivity (Wildman–Crippen MR) is 73.2 cm³/mol. The Labute approximate surface area is 121 Å². The van der Waals surface area contributed by atoms with Crippen molar-refractivity contribution < 1.29 is 18.7 Å². The smallest absolute Gasteiger partial charge is 0.340 e. The van der Waals surface area contributed by atoms with Crippen LogP contribution in [-0.4, -0.2) is 13.1 Å². The van der Waals surface area contributed by atoms with Gasteiger partial charge in [0.25, 0.3) is 0 Å². The lowest BCUT2D eigenvalue weighted by Gasteiger charge is -2.08. The average molecular weight is 285 g/mol. The van der Waals surface area contributed by atoms with Crippen molar-refractivity contribution in [1.82, 2.24) is 0 Å². The highest BCUT2D eigenvalue weighted by Gasteiger charge is 2.12. The first-order chi connectivity index (χ1) is 10.2. The van der Waals surface area contributed by atoms with Gasteiger partial charge in [0.2, 0.25) is 0 Å². The third-order valence-electron chi connectivity index (χ3n) is 2.84. The van der Waals surface area contributed by atoms with E-state index in [2.05, 4.69) is 4.74 Å². The molecule has 5 heteroatoms. The van der Waals surface area contributed by atoms with Gasteiger partial charge in [0.05, 0.1) is 18.2 Å². The van der Waals surface area contributed by atoms with Gasteiger partial charge >= 0.3 is 5.97 Å². The number of rotatable bonds is 4. The number of benzene rings is 2. The molecule has 0 bridgehead atoms. The van der Waals surface area contributed by atoms with Crippen LogP contribution in [0.3, 0.4) is 0 Å². The van der Waals surface area contributed by atoms with Gasteiger partial charge in [-0.15, -0.1) is 0 Å². The number of hydrogen-bond acceptors (Lipinski definition) is 4. The van der Waals surface area contributed by atoms with Crippen LogP contribution in [0.1, 0.15) is 21.5 Å². The van der Waals surface area contributed by atoms with Crippen LogP contribution >= 0.6 is 0 Å². The van der Waals surface area contributed by atoms with Gasteiger partial charge in [-0.05, 0) is 29.8 Å². The van der Waals surface area contributed by atoms with Gasteiger partial charge in [-0.2, -0.15) is 5.26 Å². The number of halogens is 1. The topological polar surface area (TPSA) is 59.3 Å². The minimum atomic E-state index is -0.727. The zero-order chi connectivity index (χ0) is 15.2. The Morgan fingerprint density at radius 3 is 2.71 bits per heavy atom. The van der Waals surface area contributed by atoms with Gasteiger partial charge in [-0.25, -0.2) is 9.18 Å². The molecule has 0 aliphatic heterocycles. The number of hydrogen-bond donors (Lipinski definition) is 0. The Morgan fingerprint density at radius 2 is 2.05 bits per heavy atom. The lowest BCUT2D eigenvalue weighted by molar-refractivity contribution is 0.0595. The second-order valence-corrected chi connectivity index (χ2v) is 4.20. The van der Waals surface area contributed by atoms with E-state index in [1.54, 1.807) is 30.3 Å². The van der Waals surface area contributed by atoms with E-state index in [4.69, 9.17) is 10.00 Å². The molecular formula is C16H12FNO3. The first kappa shape index (κ1) is 14.5. The zero-order valence-electron chi connectivity index (χ0n) is 11.3. The number of carbonyl (C=O) groups excluding carboxylic acids is 1. The quantitative estimate of drug-likeness (QED) is 0.810. The van der Waals surface area contributed by atoms with Crippen molar-refractivity contribution in [3.63, 3.8) is 0 Å². The van der Waals surface area contributed by atoms with Crippen LogP contribution < -0.4 is 4.74 Å². The van der Waals surface area contributed by atoms with E-state index in [-0.39, 0.29) is 12.2 Å². The minimum Gasteiger partial charge on any atom is -0.488 e. The third kappa shape index (κ3) is 3.37. The van der Waals surface area contributed by atoms with E-state index in [1.165, 1.54) is 19.2 Å². The molecule has 0 amide bonds. The molecule has 106 valence electrons. The Hall–Kier alpha value is -2.87. The second-order valence-electron chi connectivity index (χ2n) is 4.20. The number of methoxy groups -OCH3 is 1. The van der Waals surface area contributed by atoms with Crippen molar-refractivity contribution in [2.45, 2.75) is 6.61 Å². The molecule has 0 spiro atoms. The molecule has 21 heavy (non-hydrogen) atoms. The summed E-state index contributed by atoms with van der Waals surface area (Å²) in [6.45, 7) is 0.0943. The maximum atomic E-state index is 13.8. The summed E-state index contributed by atoms with van der Waals surface area (Å²) in [6.07, 6.45) is 0. The summed E-state index contributed by atoms with van der Waals surface area (Å²) in [6, 6.07) is 12.9. The van der Waals surface area contributed by atoms with Crippen LogP contribution in [0.5, 0.6) is 5.75 Å². The Morgan fingerprint density at radius 1 is 1.29 bits per heavy atom. The highest BCUT2D eigenvalue weighted by Crippen LogP contribution is 2.19. The number of para-hydroxylation sites is 1. The van der Waals surface area contributed by atoms with Crippen molar-refractivity contribution in [3.8, 4) is 11.8 Å². The summed E-state index contributed by atoms with van der Waals surface area (Å²) in [5.41, 5.74) is 0.829. The van der Waals surface area contributed by atoms with Crippen LogP contribution in [0.15, 0.2) is 42.5 Å². The monoisotopic (exact) mass is 285 g/mol. The van der Waals surface area contributed by atoms with Crippen molar-refractivity contribution in [2.75, 3.05) is 7.11 Å². The fourth-order valence-corrected chi connectivity index (χ4v) is 1.77. The van der Waals surface area contributed by atoms with Crippen LogP contribution in [0.4, 0.5) is 4.39 Å². The molecule has 0 radical (unpaired) electrons. The number of nitriles is 1. The fourth-order valence-electron chi connectivity index (χ4n) is 1.77. The molecule has 2 aromatic rings. The highest BCUT2D eigenvalue weighted by atomic mass is 19.1. The molecule has 0 saturated heterocycles. The van der Waals surface area contributed by atoms with Gasteiger partial charge in [-0.1, -0.05) is 18.2 Å². The number of nitrogens with zero attached hydrogens (tertiary/aromatic N) is 1. The van der Waals surface area contributed by atoms with Gasteiger partial charge < -0.3 is 9.47 Å². The first-order valence-corrected chi connectivity index (χ1v) is 6.14. The van der Waals surface area contributed by atoms with Gasteiger partial charge in [0.15, 0.2) is 0 Å². The van der Waals surface area contributed by atoms with Crippen molar-refractivity contribution in [1.29, 1.82) is 5.26 Å². The molecule has 0 heterocycles. The van der Waals surface area contributed by atoms with Crippen molar-refractivity contribution in [2.24, 2.45) is 0 Å². The summed E-state index contributed by atoms with van der Waals surface area (Å²) in [7, 11) is 1.19. The van der Waals surface area contributed by atoms with E-state index >= 15 is 0 Å². The van der Waals surface area contributed by atoms with Crippen molar-refractivity contribution in [3.05, 3.63) is 65.0 Å². The van der Waals surface area contributed by atoms with Gasteiger partial charge in [-0.3, -0.25) is 0 Å². The Bertz CT molecular complexity index is 707. The number of esters is 1. The summed E-state index contributed by atoms with van der Waals surface area (Å²) in [4.78, 5) is 11.3. The molecule has 0 saturated carbocycles. The molecular weight excluding hydrogens is 273 g/mol. The van der Waals surface area contributed by atoms with Crippen LogP contribution in [0.2, 0.25) is 0 Å². The zero-order valence-corrected chi connectivity index (χ0v) is 11.3. The summed E-state index contributed by atoms with van der Waals surface area (Å²) in [5.74, 6) is -0.969. The van der Waals surface area contributed by atoms with E-state index in [0.717, 1.165) is 0 Å². The van der Waals surface area contributed by atoms with E-state index < -0.39 is 11.8 Å². The summed E-state index contributed by atoms with van der Waals surface area (Å²) < 4.78 is 23.7. The third-order valence-corrected chi connectivity index (χ3v) is 2.84. The molecule has 0 aliphatic carbocycles. The van der Waals surface area contributed by atoms with Crippen molar-refractivity contribution >= 4 is 5.97 Å². The van der Waals surface area contributed by atoms with E-state index in [1.807, 2.05) is 6.07 Å². The highest BCUT2D eigenvalue weighted by molar-refractivity contribution is 5.89. The largest absolute Gasteiger partial charge is 0.488 e. The van der Waals surface area contributed by atoms with Crippen LogP contribution in [0, 0.1) is 17.1 Å². The molecule has 2 rings (SSSR count). The number of ether oxygens (including phenoxy) is 2. The van der Waals surface area contributed by atoms with E-state index in [0.29, 0.717) is 16.9 Å². The summed E-state index contributed by atoms with van der Waals surface area (Å²) >= 11 is 0. The minimum absolute atomic E-state index is 0.0943. The molecule has 0 fully saturated rings. The maximum absolute atomic E-state index is 13.8. The number of carbonyl (C=O) groups is 1. The molecule has 0 unspecified atom stereocenters. The van der Waals surface area contributed by atoms with E-state index in [9.17, 15) is 9.18 Å². The lowest BCUT2D eigenvalue weighted by atomic mass is 10.1.